The molecule has 0 radical (unpaired) electrons. The summed E-state index contributed by atoms with van der Waals surface area (Å²) in [5.41, 5.74) is 2.41. The summed E-state index contributed by atoms with van der Waals surface area (Å²) >= 11 is 0. The maximum atomic E-state index is 5.83. The molecule has 2 aliphatic rings. The van der Waals surface area contributed by atoms with Crippen molar-refractivity contribution in [2.45, 2.75) is 25.4 Å². The van der Waals surface area contributed by atoms with E-state index in [1.165, 1.54) is 5.56 Å². The van der Waals surface area contributed by atoms with Crippen molar-refractivity contribution in [3.05, 3.63) is 23.8 Å². The number of nitrogens with one attached hydrogen (secondary N) is 1. The summed E-state index contributed by atoms with van der Waals surface area (Å²) in [6.07, 6.45) is 2.26. The van der Waals surface area contributed by atoms with Crippen LogP contribution < -0.4 is 10.1 Å². The topological polar surface area (TPSA) is 33.7 Å². The van der Waals surface area contributed by atoms with Gasteiger partial charge in [-0.25, -0.2) is 0 Å². The minimum atomic E-state index is 0.626. The molecule has 4 nitrogen and oxygen atoms in total. The van der Waals surface area contributed by atoms with Crippen LogP contribution in [0.4, 0.5) is 5.69 Å². The molecule has 0 atom stereocenters. The Morgan fingerprint density at radius 3 is 2.95 bits per heavy atom. The van der Waals surface area contributed by atoms with E-state index in [9.17, 15) is 0 Å². The van der Waals surface area contributed by atoms with Crippen LogP contribution in [0.15, 0.2) is 18.2 Å². The summed E-state index contributed by atoms with van der Waals surface area (Å²) in [4.78, 5) is 2.43. The van der Waals surface area contributed by atoms with Gasteiger partial charge in [0, 0.05) is 37.9 Å². The zero-order chi connectivity index (χ0) is 13.1. The highest BCUT2D eigenvalue weighted by Crippen LogP contribution is 2.32. The fourth-order valence-corrected chi connectivity index (χ4v) is 2.88. The molecule has 2 aliphatic heterocycles. The van der Waals surface area contributed by atoms with E-state index >= 15 is 0 Å². The molecule has 19 heavy (non-hydrogen) atoms. The van der Waals surface area contributed by atoms with Gasteiger partial charge in [-0.1, -0.05) is 12.1 Å². The molecule has 0 aromatic heterocycles. The molecule has 0 bridgehead atoms. The minimum Gasteiger partial charge on any atom is -0.489 e. The van der Waals surface area contributed by atoms with Crippen LogP contribution in [0.1, 0.15) is 18.4 Å². The van der Waals surface area contributed by atoms with Crippen molar-refractivity contribution >= 4 is 5.69 Å². The van der Waals surface area contributed by atoms with E-state index in [-0.39, 0.29) is 0 Å². The van der Waals surface area contributed by atoms with Crippen LogP contribution in [-0.2, 0) is 11.3 Å². The normalized spacial score (nSPS) is 19.7. The monoisotopic (exact) mass is 262 g/mol. The fraction of sp³-hybridized carbons (Fsp3) is 0.600. The van der Waals surface area contributed by atoms with Gasteiger partial charge in [0.25, 0.3) is 0 Å². The van der Waals surface area contributed by atoms with Crippen molar-refractivity contribution in [2.75, 3.05) is 38.7 Å². The molecule has 0 spiro atoms. The standard InChI is InChI=1S/C15H22N2O2/c1-17(13-5-8-18-9-6-13)11-12-3-2-4-14-15(12)19-10-7-16-14/h2-4,13,16H,5-11H2,1H3. The van der Waals surface area contributed by atoms with Crippen molar-refractivity contribution in [3.63, 3.8) is 0 Å². The van der Waals surface area contributed by atoms with Crippen molar-refractivity contribution in [2.24, 2.45) is 0 Å². The fourth-order valence-electron chi connectivity index (χ4n) is 2.88. The molecule has 0 aliphatic carbocycles. The zero-order valence-electron chi connectivity index (χ0n) is 11.5. The van der Waals surface area contributed by atoms with Gasteiger partial charge in [-0.2, -0.15) is 0 Å². The first-order valence-electron chi connectivity index (χ1n) is 7.11. The molecule has 1 fully saturated rings. The number of anilines is 1. The Morgan fingerprint density at radius 1 is 1.26 bits per heavy atom. The van der Waals surface area contributed by atoms with Gasteiger partial charge in [0.1, 0.15) is 12.4 Å². The molecule has 1 aromatic rings. The average Bonchev–Trinajstić information content (AvgIpc) is 2.48. The number of fused-ring (bicyclic) bond motifs is 1. The van der Waals surface area contributed by atoms with E-state index in [0.717, 1.165) is 57.2 Å². The third kappa shape index (κ3) is 2.85. The SMILES string of the molecule is CN(Cc1cccc2c1OCCN2)C1CCOCC1. The number of ether oxygens (including phenoxy) is 2. The van der Waals surface area contributed by atoms with Gasteiger partial charge >= 0.3 is 0 Å². The molecule has 0 amide bonds. The van der Waals surface area contributed by atoms with Gasteiger partial charge in [-0.05, 0) is 26.0 Å². The number of para-hydroxylation sites is 1. The molecule has 0 saturated carbocycles. The van der Waals surface area contributed by atoms with Crippen LogP contribution in [0, 0.1) is 0 Å². The Morgan fingerprint density at radius 2 is 2.11 bits per heavy atom. The van der Waals surface area contributed by atoms with Crippen LogP contribution >= 0.6 is 0 Å². The second kappa shape index (κ2) is 5.80. The molecule has 1 N–H and O–H groups in total. The van der Waals surface area contributed by atoms with E-state index in [1.807, 2.05) is 0 Å². The number of hydrogen-bond donors (Lipinski definition) is 1. The predicted octanol–water partition coefficient (Wildman–Crippen LogP) is 2.10. The summed E-state index contributed by atoms with van der Waals surface area (Å²) in [7, 11) is 2.20. The lowest BCUT2D eigenvalue weighted by Gasteiger charge is -2.32. The lowest BCUT2D eigenvalue weighted by atomic mass is 10.1. The van der Waals surface area contributed by atoms with Crippen LogP contribution in [0.25, 0.3) is 0 Å². The first kappa shape index (κ1) is 12.8. The van der Waals surface area contributed by atoms with E-state index in [4.69, 9.17) is 9.47 Å². The van der Waals surface area contributed by atoms with Crippen molar-refractivity contribution < 1.29 is 9.47 Å². The second-order valence-corrected chi connectivity index (χ2v) is 5.33. The summed E-state index contributed by atoms with van der Waals surface area (Å²) in [5, 5.41) is 3.39. The predicted molar refractivity (Wildman–Crippen MR) is 75.7 cm³/mol. The van der Waals surface area contributed by atoms with Crippen LogP contribution in [0.5, 0.6) is 5.75 Å². The Bertz CT molecular complexity index is 430. The Hall–Kier alpha value is -1.26. The Kier molecular flexibility index (Phi) is 3.89. The number of rotatable bonds is 3. The van der Waals surface area contributed by atoms with Crippen molar-refractivity contribution in [1.82, 2.24) is 4.90 Å². The van der Waals surface area contributed by atoms with Gasteiger partial charge in [0.2, 0.25) is 0 Å². The third-order valence-electron chi connectivity index (χ3n) is 3.99. The number of nitrogens with zero attached hydrogens (tertiary/aromatic N) is 1. The van der Waals surface area contributed by atoms with E-state index in [2.05, 4.69) is 35.5 Å². The van der Waals surface area contributed by atoms with E-state index in [1.54, 1.807) is 0 Å². The Balaban J connectivity index is 1.72. The van der Waals surface area contributed by atoms with E-state index < -0.39 is 0 Å². The van der Waals surface area contributed by atoms with Crippen LogP contribution in [0.3, 0.4) is 0 Å². The Labute approximate surface area is 114 Å². The summed E-state index contributed by atoms with van der Waals surface area (Å²) < 4.78 is 11.3. The molecule has 1 aromatic carbocycles. The summed E-state index contributed by atoms with van der Waals surface area (Å²) in [5.74, 6) is 1.03. The van der Waals surface area contributed by atoms with Gasteiger partial charge in [0.05, 0.1) is 5.69 Å². The van der Waals surface area contributed by atoms with Gasteiger partial charge in [0.15, 0.2) is 0 Å². The molecular formula is C15H22N2O2. The summed E-state index contributed by atoms with van der Waals surface area (Å²) in [6, 6.07) is 6.99. The van der Waals surface area contributed by atoms with Gasteiger partial charge in [-0.15, -0.1) is 0 Å². The first-order valence-corrected chi connectivity index (χ1v) is 7.11. The molecule has 1 saturated heterocycles. The lowest BCUT2D eigenvalue weighted by molar-refractivity contribution is 0.0404. The maximum absolute atomic E-state index is 5.83. The first-order chi connectivity index (χ1) is 9.34. The average molecular weight is 262 g/mol. The lowest BCUT2D eigenvalue weighted by Crippen LogP contribution is -2.36. The highest BCUT2D eigenvalue weighted by Gasteiger charge is 2.21. The quantitative estimate of drug-likeness (QED) is 0.904. The van der Waals surface area contributed by atoms with Crippen molar-refractivity contribution in [3.8, 4) is 5.75 Å². The highest BCUT2D eigenvalue weighted by atomic mass is 16.5. The van der Waals surface area contributed by atoms with Crippen molar-refractivity contribution in [1.29, 1.82) is 0 Å². The van der Waals surface area contributed by atoms with Crippen LogP contribution in [0.2, 0.25) is 0 Å². The highest BCUT2D eigenvalue weighted by molar-refractivity contribution is 5.61. The zero-order valence-corrected chi connectivity index (χ0v) is 11.5. The molecule has 4 heteroatoms. The molecule has 104 valence electrons. The molecular weight excluding hydrogens is 240 g/mol. The van der Waals surface area contributed by atoms with E-state index in [0.29, 0.717) is 6.04 Å². The maximum Gasteiger partial charge on any atom is 0.146 e. The third-order valence-corrected chi connectivity index (χ3v) is 3.99. The largest absolute Gasteiger partial charge is 0.489 e. The second-order valence-electron chi connectivity index (χ2n) is 5.33. The molecule has 2 heterocycles. The summed E-state index contributed by atoms with van der Waals surface area (Å²) in [6.45, 7) is 4.37. The smallest absolute Gasteiger partial charge is 0.146 e. The van der Waals surface area contributed by atoms with Crippen LogP contribution in [-0.4, -0.2) is 44.4 Å². The van der Waals surface area contributed by atoms with Gasteiger partial charge in [-0.3, -0.25) is 4.90 Å². The number of hydrogen-bond acceptors (Lipinski definition) is 4. The minimum absolute atomic E-state index is 0.626. The number of benzene rings is 1. The van der Waals surface area contributed by atoms with Gasteiger partial charge < -0.3 is 14.8 Å². The molecule has 3 rings (SSSR count). The molecule has 0 unspecified atom stereocenters.